The lowest BCUT2D eigenvalue weighted by Crippen LogP contribution is -2.16. The summed E-state index contributed by atoms with van der Waals surface area (Å²) in [6, 6.07) is 3.88. The molecule has 4 nitrogen and oxygen atoms in total. The lowest BCUT2D eigenvalue weighted by molar-refractivity contribution is -0.117. The van der Waals surface area contributed by atoms with Crippen LogP contribution in [0.25, 0.3) is 0 Å². The van der Waals surface area contributed by atoms with Gasteiger partial charge in [-0.2, -0.15) is 11.8 Å². The Morgan fingerprint density at radius 3 is 3.10 bits per heavy atom. The molecule has 1 heterocycles. The van der Waals surface area contributed by atoms with Crippen molar-refractivity contribution in [3.05, 3.63) is 23.9 Å². The van der Waals surface area contributed by atoms with Crippen LogP contribution in [0.15, 0.2) is 18.3 Å². The second-order valence-electron chi connectivity index (χ2n) is 5.66. The molecule has 108 valence electrons. The molecule has 0 radical (unpaired) electrons. The van der Waals surface area contributed by atoms with Crippen LogP contribution in [-0.4, -0.2) is 28.4 Å². The number of thioether (sulfide) groups is 1. The molecule has 0 spiro atoms. The van der Waals surface area contributed by atoms with E-state index in [9.17, 15) is 4.79 Å². The maximum atomic E-state index is 12.1. The highest BCUT2D eigenvalue weighted by molar-refractivity contribution is 7.98. The van der Waals surface area contributed by atoms with Crippen molar-refractivity contribution < 1.29 is 9.90 Å². The number of aliphatic hydroxyl groups is 1. The lowest BCUT2D eigenvalue weighted by Gasteiger charge is -2.06. The van der Waals surface area contributed by atoms with E-state index in [0.717, 1.165) is 29.4 Å². The van der Waals surface area contributed by atoms with Gasteiger partial charge in [-0.05, 0) is 48.8 Å². The lowest BCUT2D eigenvalue weighted by atomic mass is 10.2. The van der Waals surface area contributed by atoms with Gasteiger partial charge in [0.2, 0.25) is 5.91 Å². The molecule has 2 saturated carbocycles. The Morgan fingerprint density at radius 2 is 2.35 bits per heavy atom. The second kappa shape index (κ2) is 6.14. The molecular formula is C15H20N2O2S. The Kier molecular flexibility index (Phi) is 4.27. The third-order valence-corrected chi connectivity index (χ3v) is 4.99. The van der Waals surface area contributed by atoms with Crippen LogP contribution in [0, 0.1) is 17.8 Å². The summed E-state index contributed by atoms with van der Waals surface area (Å²) in [4.78, 5) is 16.3. The zero-order valence-electron chi connectivity index (χ0n) is 11.4. The van der Waals surface area contributed by atoms with E-state index in [1.807, 2.05) is 12.1 Å². The van der Waals surface area contributed by atoms with E-state index in [-0.39, 0.29) is 18.4 Å². The Bertz CT molecular complexity index is 491. The van der Waals surface area contributed by atoms with Gasteiger partial charge in [-0.15, -0.1) is 0 Å². The highest BCUT2D eigenvalue weighted by atomic mass is 32.2. The molecule has 2 aliphatic carbocycles. The molecule has 20 heavy (non-hydrogen) atoms. The average Bonchev–Trinajstić information content (AvgIpc) is 3.29. The number of anilines is 1. The van der Waals surface area contributed by atoms with Gasteiger partial charge in [0.1, 0.15) is 5.82 Å². The molecule has 2 N–H and O–H groups in total. The van der Waals surface area contributed by atoms with Gasteiger partial charge in [0.15, 0.2) is 0 Å². The number of pyridine rings is 1. The molecule has 2 fully saturated rings. The molecule has 2 atom stereocenters. The van der Waals surface area contributed by atoms with Crippen LogP contribution in [0.2, 0.25) is 0 Å². The predicted molar refractivity (Wildman–Crippen MR) is 80.4 cm³/mol. The number of hydrogen-bond acceptors (Lipinski definition) is 4. The van der Waals surface area contributed by atoms with Crippen LogP contribution in [0.4, 0.5) is 5.82 Å². The van der Waals surface area contributed by atoms with Crippen molar-refractivity contribution in [2.75, 3.05) is 17.7 Å². The molecule has 1 amide bonds. The van der Waals surface area contributed by atoms with Gasteiger partial charge < -0.3 is 10.4 Å². The quantitative estimate of drug-likeness (QED) is 0.757. The number of nitrogens with one attached hydrogen (secondary N) is 1. The van der Waals surface area contributed by atoms with Crippen molar-refractivity contribution in [1.29, 1.82) is 0 Å². The highest BCUT2D eigenvalue weighted by Gasteiger charge is 2.51. The van der Waals surface area contributed by atoms with E-state index < -0.39 is 0 Å². The summed E-state index contributed by atoms with van der Waals surface area (Å²) in [5, 5.41) is 11.7. The monoisotopic (exact) mass is 292 g/mol. The van der Waals surface area contributed by atoms with Gasteiger partial charge in [0.25, 0.3) is 0 Å². The topological polar surface area (TPSA) is 62.2 Å². The zero-order chi connectivity index (χ0) is 13.9. The summed E-state index contributed by atoms with van der Waals surface area (Å²) in [6.07, 6.45) is 5.41. The van der Waals surface area contributed by atoms with Crippen LogP contribution in [-0.2, 0) is 10.5 Å². The van der Waals surface area contributed by atoms with Crippen molar-refractivity contribution in [3.63, 3.8) is 0 Å². The fourth-order valence-corrected chi connectivity index (χ4v) is 3.36. The van der Waals surface area contributed by atoms with Gasteiger partial charge >= 0.3 is 0 Å². The Labute approximate surface area is 123 Å². The maximum Gasteiger partial charge on any atom is 0.228 e. The van der Waals surface area contributed by atoms with Gasteiger partial charge in [0.05, 0.1) is 6.61 Å². The molecule has 0 bridgehead atoms. The van der Waals surface area contributed by atoms with Crippen LogP contribution in [0.1, 0.15) is 24.8 Å². The minimum atomic E-state index is 0.134. The molecule has 0 aromatic carbocycles. The largest absolute Gasteiger partial charge is 0.396 e. The minimum Gasteiger partial charge on any atom is -0.396 e. The third-order valence-electron chi connectivity index (χ3n) is 3.98. The number of amides is 1. The van der Waals surface area contributed by atoms with Crippen molar-refractivity contribution >= 4 is 23.5 Å². The maximum absolute atomic E-state index is 12.1. The Morgan fingerprint density at radius 1 is 1.50 bits per heavy atom. The first-order valence-electron chi connectivity index (χ1n) is 7.22. The zero-order valence-corrected chi connectivity index (χ0v) is 12.2. The van der Waals surface area contributed by atoms with E-state index in [1.165, 1.54) is 12.8 Å². The van der Waals surface area contributed by atoms with E-state index in [4.69, 9.17) is 5.11 Å². The SMILES string of the molecule is O=C(Nc1cc(CSCCO)ccn1)C1CC1C1CC1. The summed E-state index contributed by atoms with van der Waals surface area (Å²) in [5.41, 5.74) is 1.13. The summed E-state index contributed by atoms with van der Waals surface area (Å²) < 4.78 is 0. The molecule has 1 aromatic rings. The van der Waals surface area contributed by atoms with Crippen molar-refractivity contribution in [3.8, 4) is 0 Å². The van der Waals surface area contributed by atoms with Crippen LogP contribution in [0.5, 0.6) is 0 Å². The minimum absolute atomic E-state index is 0.134. The molecule has 5 heteroatoms. The van der Waals surface area contributed by atoms with Gasteiger partial charge in [-0.25, -0.2) is 4.98 Å². The molecule has 3 rings (SSSR count). The number of nitrogens with zero attached hydrogens (tertiary/aromatic N) is 1. The molecule has 0 saturated heterocycles. The Balaban J connectivity index is 1.51. The standard InChI is InChI=1S/C15H20N2O2S/c18-5-6-20-9-10-3-4-16-14(7-10)17-15(19)13-8-12(13)11-1-2-11/h3-4,7,11-13,18H,1-2,5-6,8-9H2,(H,16,17,19). The number of rotatable bonds is 7. The second-order valence-corrected chi connectivity index (χ2v) is 6.76. The van der Waals surface area contributed by atoms with E-state index in [1.54, 1.807) is 18.0 Å². The predicted octanol–water partition coefficient (Wildman–Crippen LogP) is 2.29. The van der Waals surface area contributed by atoms with Crippen LogP contribution < -0.4 is 5.32 Å². The average molecular weight is 292 g/mol. The van der Waals surface area contributed by atoms with Gasteiger partial charge in [0, 0.05) is 23.6 Å². The van der Waals surface area contributed by atoms with Crippen molar-refractivity contribution in [1.82, 2.24) is 4.98 Å². The van der Waals surface area contributed by atoms with Crippen molar-refractivity contribution in [2.24, 2.45) is 17.8 Å². The Hall–Kier alpha value is -1.07. The fourth-order valence-electron chi connectivity index (χ4n) is 2.67. The molecule has 2 unspecified atom stereocenters. The highest BCUT2D eigenvalue weighted by Crippen LogP contribution is 2.54. The van der Waals surface area contributed by atoms with E-state index >= 15 is 0 Å². The van der Waals surface area contributed by atoms with Crippen LogP contribution in [0.3, 0.4) is 0 Å². The van der Waals surface area contributed by atoms with Crippen LogP contribution >= 0.6 is 11.8 Å². The first kappa shape index (κ1) is 13.9. The number of hydrogen-bond donors (Lipinski definition) is 2. The molecule has 2 aliphatic rings. The number of carbonyl (C=O) groups is 1. The summed E-state index contributed by atoms with van der Waals surface area (Å²) in [7, 11) is 0. The number of aliphatic hydroxyl groups excluding tert-OH is 1. The summed E-state index contributed by atoms with van der Waals surface area (Å²) in [6.45, 7) is 0.198. The number of carbonyl (C=O) groups excluding carboxylic acids is 1. The molecule has 0 aliphatic heterocycles. The third kappa shape index (κ3) is 3.52. The van der Waals surface area contributed by atoms with E-state index in [2.05, 4.69) is 10.3 Å². The first-order chi connectivity index (χ1) is 9.78. The fraction of sp³-hybridized carbons (Fsp3) is 0.600. The normalized spacial score (nSPS) is 24.4. The van der Waals surface area contributed by atoms with Gasteiger partial charge in [-0.3, -0.25) is 4.79 Å². The number of aromatic nitrogens is 1. The summed E-state index contributed by atoms with van der Waals surface area (Å²) in [5.74, 6) is 4.03. The molecular weight excluding hydrogens is 272 g/mol. The first-order valence-corrected chi connectivity index (χ1v) is 8.38. The van der Waals surface area contributed by atoms with E-state index in [0.29, 0.717) is 11.7 Å². The molecule has 1 aromatic heterocycles. The summed E-state index contributed by atoms with van der Waals surface area (Å²) >= 11 is 1.67. The van der Waals surface area contributed by atoms with Crippen molar-refractivity contribution in [2.45, 2.75) is 25.0 Å². The van der Waals surface area contributed by atoms with Gasteiger partial charge in [-0.1, -0.05) is 0 Å². The smallest absolute Gasteiger partial charge is 0.228 e.